The Morgan fingerprint density at radius 3 is 2.64 bits per heavy atom. The molecule has 4 aromatic rings. The lowest BCUT2D eigenvalue weighted by atomic mass is 10.0. The molecule has 138 valence electrons. The number of rotatable bonds is 5. The Morgan fingerprint density at radius 2 is 1.89 bits per heavy atom. The Kier molecular flexibility index (Phi) is 4.56. The molecule has 3 aromatic heterocycles. The van der Waals surface area contributed by atoms with Gasteiger partial charge in [0.25, 0.3) is 0 Å². The molecule has 1 unspecified atom stereocenters. The minimum atomic E-state index is -0.170. The van der Waals surface area contributed by atoms with Crippen molar-refractivity contribution in [3.8, 4) is 17.3 Å². The predicted octanol–water partition coefficient (Wildman–Crippen LogP) is 3.27. The summed E-state index contributed by atoms with van der Waals surface area (Å²) in [5, 5.41) is 20.5. The van der Waals surface area contributed by atoms with Gasteiger partial charge < -0.3 is 10.6 Å². The highest BCUT2D eigenvalue weighted by Gasteiger charge is 2.19. The summed E-state index contributed by atoms with van der Waals surface area (Å²) in [5.74, 6) is 0.953. The highest BCUT2D eigenvalue weighted by atomic mass is 15.2. The van der Waals surface area contributed by atoms with Gasteiger partial charge in [0, 0.05) is 30.6 Å². The lowest BCUT2D eigenvalue weighted by Crippen LogP contribution is -2.13. The van der Waals surface area contributed by atoms with Crippen LogP contribution >= 0.6 is 0 Å². The fourth-order valence-corrected chi connectivity index (χ4v) is 3.09. The van der Waals surface area contributed by atoms with E-state index in [0.717, 1.165) is 22.5 Å². The molecule has 28 heavy (non-hydrogen) atoms. The van der Waals surface area contributed by atoms with E-state index in [1.165, 1.54) is 6.33 Å². The average Bonchev–Trinajstić information content (AvgIpc) is 3.20. The normalized spacial score (nSPS) is 11.8. The topological polar surface area (TPSA) is 104 Å². The number of nitriles is 1. The van der Waals surface area contributed by atoms with Crippen molar-refractivity contribution in [1.82, 2.24) is 24.6 Å². The van der Waals surface area contributed by atoms with Gasteiger partial charge in [0.05, 0.1) is 11.7 Å². The summed E-state index contributed by atoms with van der Waals surface area (Å²) in [7, 11) is 1.72. The Morgan fingerprint density at radius 1 is 1.11 bits per heavy atom. The van der Waals surface area contributed by atoms with Crippen LogP contribution in [0.4, 0.5) is 11.6 Å². The van der Waals surface area contributed by atoms with Gasteiger partial charge in [-0.25, -0.2) is 19.5 Å². The fourth-order valence-electron chi connectivity index (χ4n) is 3.09. The lowest BCUT2D eigenvalue weighted by molar-refractivity contribution is 0.839. The summed E-state index contributed by atoms with van der Waals surface area (Å²) in [4.78, 5) is 12.7. The first kappa shape index (κ1) is 17.4. The zero-order chi connectivity index (χ0) is 19.5. The first-order valence-corrected chi connectivity index (χ1v) is 8.80. The van der Waals surface area contributed by atoms with E-state index in [2.05, 4.69) is 31.7 Å². The molecule has 0 bridgehead atoms. The van der Waals surface area contributed by atoms with E-state index in [4.69, 9.17) is 5.10 Å². The summed E-state index contributed by atoms with van der Waals surface area (Å²) < 4.78 is 1.75. The van der Waals surface area contributed by atoms with Crippen molar-refractivity contribution in [3.05, 3.63) is 66.2 Å². The standard InChI is InChI=1S/C20H18N8/c1-13(26-20-16(11-21)19(22-2)24-12-25-20)15-10-17-23-8-9-28(17)27-18(15)14-6-4-3-5-7-14/h3-10,12-13H,1-2H3,(H2,22,24,25,26). The zero-order valence-corrected chi connectivity index (χ0v) is 15.5. The smallest absolute Gasteiger partial charge is 0.153 e. The molecular weight excluding hydrogens is 352 g/mol. The molecule has 3 heterocycles. The number of nitrogens with one attached hydrogen (secondary N) is 2. The van der Waals surface area contributed by atoms with E-state index in [0.29, 0.717) is 17.2 Å². The maximum atomic E-state index is 9.52. The Hall–Kier alpha value is -3.99. The largest absolute Gasteiger partial charge is 0.372 e. The van der Waals surface area contributed by atoms with Crippen molar-refractivity contribution in [1.29, 1.82) is 5.26 Å². The molecule has 0 radical (unpaired) electrons. The van der Waals surface area contributed by atoms with Crippen LogP contribution in [0.15, 0.2) is 55.1 Å². The molecule has 2 N–H and O–H groups in total. The number of hydrogen-bond acceptors (Lipinski definition) is 7. The molecule has 0 fully saturated rings. The molecule has 1 atom stereocenters. The first-order chi connectivity index (χ1) is 13.7. The van der Waals surface area contributed by atoms with Crippen LogP contribution in [0.25, 0.3) is 16.9 Å². The van der Waals surface area contributed by atoms with E-state index >= 15 is 0 Å². The van der Waals surface area contributed by atoms with Gasteiger partial charge in [0.1, 0.15) is 29.6 Å². The molecule has 0 aliphatic carbocycles. The monoisotopic (exact) mass is 370 g/mol. The third kappa shape index (κ3) is 3.10. The molecule has 0 saturated heterocycles. The SMILES string of the molecule is CNc1ncnc(NC(C)c2cc3nccn3nc2-c2ccccc2)c1C#N. The van der Waals surface area contributed by atoms with Crippen LogP contribution in [0, 0.1) is 11.3 Å². The molecule has 0 amide bonds. The molecule has 4 rings (SSSR count). The van der Waals surface area contributed by atoms with Crippen LogP contribution in [0.1, 0.15) is 24.1 Å². The molecule has 0 aliphatic heterocycles. The highest BCUT2D eigenvalue weighted by molar-refractivity contribution is 5.68. The van der Waals surface area contributed by atoms with Gasteiger partial charge in [-0.3, -0.25) is 0 Å². The quantitative estimate of drug-likeness (QED) is 0.555. The van der Waals surface area contributed by atoms with E-state index in [1.807, 2.05) is 49.5 Å². The third-order valence-corrected chi connectivity index (χ3v) is 4.48. The molecule has 0 spiro atoms. The Bertz CT molecular complexity index is 1160. The number of hydrogen-bond donors (Lipinski definition) is 2. The summed E-state index contributed by atoms with van der Waals surface area (Å²) >= 11 is 0. The van der Waals surface area contributed by atoms with Crippen molar-refractivity contribution in [2.24, 2.45) is 0 Å². The second-order valence-corrected chi connectivity index (χ2v) is 6.22. The molecular formula is C20H18N8. The van der Waals surface area contributed by atoms with Crippen LogP contribution < -0.4 is 10.6 Å². The minimum Gasteiger partial charge on any atom is -0.372 e. The van der Waals surface area contributed by atoms with Crippen molar-refractivity contribution in [2.75, 3.05) is 17.7 Å². The lowest BCUT2D eigenvalue weighted by Gasteiger charge is -2.19. The molecule has 0 aliphatic rings. The number of aromatic nitrogens is 5. The van der Waals surface area contributed by atoms with Crippen LogP contribution in [0.3, 0.4) is 0 Å². The third-order valence-electron chi connectivity index (χ3n) is 4.48. The molecule has 8 nitrogen and oxygen atoms in total. The second kappa shape index (κ2) is 7.32. The van der Waals surface area contributed by atoms with Crippen LogP contribution in [-0.2, 0) is 0 Å². The van der Waals surface area contributed by atoms with Gasteiger partial charge in [0.2, 0.25) is 0 Å². The summed E-state index contributed by atoms with van der Waals surface area (Å²) in [6.45, 7) is 2.01. The number of anilines is 2. The Labute approximate surface area is 161 Å². The number of imidazole rings is 1. The number of benzene rings is 1. The zero-order valence-electron chi connectivity index (χ0n) is 15.5. The van der Waals surface area contributed by atoms with E-state index in [-0.39, 0.29) is 6.04 Å². The van der Waals surface area contributed by atoms with Gasteiger partial charge in [-0.1, -0.05) is 30.3 Å². The summed E-state index contributed by atoms with van der Waals surface area (Å²) in [5.41, 5.74) is 3.92. The van der Waals surface area contributed by atoms with Gasteiger partial charge in [-0.15, -0.1) is 0 Å². The van der Waals surface area contributed by atoms with E-state index in [9.17, 15) is 5.26 Å². The first-order valence-electron chi connectivity index (χ1n) is 8.80. The van der Waals surface area contributed by atoms with Gasteiger partial charge in [-0.2, -0.15) is 10.4 Å². The van der Waals surface area contributed by atoms with Crippen molar-refractivity contribution in [3.63, 3.8) is 0 Å². The Balaban J connectivity index is 1.80. The highest BCUT2D eigenvalue weighted by Crippen LogP contribution is 2.30. The van der Waals surface area contributed by atoms with Crippen molar-refractivity contribution < 1.29 is 0 Å². The molecule has 0 saturated carbocycles. The molecule has 8 heteroatoms. The maximum absolute atomic E-state index is 9.52. The summed E-state index contributed by atoms with van der Waals surface area (Å²) in [6, 6.07) is 14.0. The number of nitrogens with zero attached hydrogens (tertiary/aromatic N) is 6. The summed E-state index contributed by atoms with van der Waals surface area (Å²) in [6.07, 6.45) is 4.97. The van der Waals surface area contributed by atoms with E-state index in [1.54, 1.807) is 17.8 Å². The van der Waals surface area contributed by atoms with Crippen LogP contribution in [0.2, 0.25) is 0 Å². The minimum absolute atomic E-state index is 0.170. The maximum Gasteiger partial charge on any atom is 0.153 e. The second-order valence-electron chi connectivity index (χ2n) is 6.22. The van der Waals surface area contributed by atoms with E-state index < -0.39 is 0 Å². The van der Waals surface area contributed by atoms with Gasteiger partial charge in [0.15, 0.2) is 5.65 Å². The van der Waals surface area contributed by atoms with Gasteiger partial charge in [-0.05, 0) is 13.0 Å². The predicted molar refractivity (Wildman–Crippen MR) is 107 cm³/mol. The fraction of sp³-hybridized carbons (Fsp3) is 0.150. The van der Waals surface area contributed by atoms with Crippen molar-refractivity contribution >= 4 is 17.3 Å². The molecule has 1 aromatic carbocycles. The van der Waals surface area contributed by atoms with Gasteiger partial charge >= 0.3 is 0 Å². The van der Waals surface area contributed by atoms with Crippen LogP contribution in [-0.4, -0.2) is 31.6 Å². The van der Waals surface area contributed by atoms with Crippen molar-refractivity contribution in [2.45, 2.75) is 13.0 Å². The number of fused-ring (bicyclic) bond motifs is 1. The average molecular weight is 370 g/mol. The van der Waals surface area contributed by atoms with Crippen LogP contribution in [0.5, 0.6) is 0 Å².